The molecule has 26 heavy (non-hydrogen) atoms. The molecular formula is C18H18BrN3O4. The molecule has 0 saturated carbocycles. The summed E-state index contributed by atoms with van der Waals surface area (Å²) in [6.07, 6.45) is 1.34. The molecule has 3 N–H and O–H groups in total. The van der Waals surface area contributed by atoms with E-state index in [0.717, 1.165) is 5.56 Å². The van der Waals surface area contributed by atoms with Crippen LogP contribution in [-0.2, 0) is 16.1 Å². The highest BCUT2D eigenvalue weighted by atomic mass is 79.9. The lowest BCUT2D eigenvalue weighted by atomic mass is 10.2. The lowest BCUT2D eigenvalue weighted by molar-refractivity contribution is -0.139. The summed E-state index contributed by atoms with van der Waals surface area (Å²) in [4.78, 5) is 23.5. The average molecular weight is 420 g/mol. The van der Waals surface area contributed by atoms with Gasteiger partial charge in [-0.2, -0.15) is 5.10 Å². The minimum absolute atomic E-state index is 0.0201. The standard InChI is InChI=1S/C18H18BrN3O4/c1-2-26-15-9-13(8-14(19)16(15)23)11-21-22-18(25)17(24)20-10-12-6-4-3-5-7-12/h3-9,11,23H,2,10H2,1H3,(H,20,24)(H,22,25)/b21-11-. The maximum atomic E-state index is 11.7. The molecule has 0 heterocycles. The van der Waals surface area contributed by atoms with Crippen LogP contribution in [0.25, 0.3) is 0 Å². The van der Waals surface area contributed by atoms with Crippen LogP contribution in [0, 0.1) is 0 Å². The Hall–Kier alpha value is -2.87. The minimum atomic E-state index is -0.875. The van der Waals surface area contributed by atoms with Crippen LogP contribution in [0.4, 0.5) is 0 Å². The van der Waals surface area contributed by atoms with E-state index in [2.05, 4.69) is 31.8 Å². The van der Waals surface area contributed by atoms with E-state index < -0.39 is 11.8 Å². The van der Waals surface area contributed by atoms with Crippen molar-refractivity contribution in [3.05, 3.63) is 58.1 Å². The van der Waals surface area contributed by atoms with Gasteiger partial charge in [-0.3, -0.25) is 9.59 Å². The largest absolute Gasteiger partial charge is 0.503 e. The maximum Gasteiger partial charge on any atom is 0.329 e. The van der Waals surface area contributed by atoms with Crippen LogP contribution in [0.3, 0.4) is 0 Å². The van der Waals surface area contributed by atoms with Crippen LogP contribution in [0.1, 0.15) is 18.1 Å². The van der Waals surface area contributed by atoms with E-state index in [1.807, 2.05) is 30.3 Å². The fraction of sp³-hybridized carbons (Fsp3) is 0.167. The second-order valence-electron chi connectivity index (χ2n) is 5.15. The molecule has 136 valence electrons. The first-order chi connectivity index (χ1) is 12.5. The molecule has 0 aromatic heterocycles. The SMILES string of the molecule is CCOc1cc(/C=N\NC(=O)C(=O)NCc2ccccc2)cc(Br)c1O. The highest BCUT2D eigenvalue weighted by molar-refractivity contribution is 9.10. The van der Waals surface area contributed by atoms with Crippen LogP contribution in [0.2, 0.25) is 0 Å². The number of rotatable bonds is 6. The molecule has 0 aliphatic rings. The summed E-state index contributed by atoms with van der Waals surface area (Å²) in [5.41, 5.74) is 3.61. The van der Waals surface area contributed by atoms with E-state index in [9.17, 15) is 14.7 Å². The van der Waals surface area contributed by atoms with E-state index in [1.165, 1.54) is 6.21 Å². The van der Waals surface area contributed by atoms with Crippen molar-refractivity contribution in [1.82, 2.24) is 10.7 Å². The molecule has 0 aliphatic carbocycles. The Morgan fingerprint density at radius 2 is 1.96 bits per heavy atom. The van der Waals surface area contributed by atoms with Crippen LogP contribution in [0.5, 0.6) is 11.5 Å². The van der Waals surface area contributed by atoms with Crippen LogP contribution >= 0.6 is 15.9 Å². The van der Waals surface area contributed by atoms with Gasteiger partial charge in [0.1, 0.15) is 0 Å². The number of carbonyl (C=O) groups excluding carboxylic acids is 2. The lowest BCUT2D eigenvalue weighted by Crippen LogP contribution is -2.37. The number of amides is 2. The quantitative estimate of drug-likeness (QED) is 0.380. The van der Waals surface area contributed by atoms with Gasteiger partial charge in [0.05, 0.1) is 17.3 Å². The third-order valence-corrected chi connectivity index (χ3v) is 3.84. The highest BCUT2D eigenvalue weighted by Gasteiger charge is 2.12. The maximum absolute atomic E-state index is 11.7. The van der Waals surface area contributed by atoms with Crippen molar-refractivity contribution < 1.29 is 19.4 Å². The smallest absolute Gasteiger partial charge is 0.329 e. The number of benzene rings is 2. The van der Waals surface area contributed by atoms with Gasteiger partial charge in [-0.15, -0.1) is 0 Å². The number of hydrogen-bond donors (Lipinski definition) is 3. The Morgan fingerprint density at radius 3 is 2.65 bits per heavy atom. The molecule has 2 aromatic rings. The molecule has 7 nitrogen and oxygen atoms in total. The normalized spacial score (nSPS) is 10.5. The second-order valence-corrected chi connectivity index (χ2v) is 6.00. The van der Waals surface area contributed by atoms with Crippen LogP contribution in [-0.4, -0.2) is 29.7 Å². The molecule has 0 spiro atoms. The molecule has 0 saturated heterocycles. The molecule has 2 amide bonds. The number of phenols is 1. The second kappa shape index (κ2) is 9.57. The van der Waals surface area contributed by atoms with Crippen LogP contribution in [0.15, 0.2) is 52.0 Å². The number of hydrazone groups is 1. The summed E-state index contributed by atoms with van der Waals surface area (Å²) in [5, 5.41) is 16.1. The Bertz CT molecular complexity index is 810. The van der Waals surface area contributed by atoms with Crippen molar-refractivity contribution in [1.29, 1.82) is 0 Å². The molecule has 0 atom stereocenters. The van der Waals surface area contributed by atoms with E-state index in [1.54, 1.807) is 19.1 Å². The molecular weight excluding hydrogens is 402 g/mol. The molecule has 0 bridgehead atoms. The van der Waals surface area contributed by atoms with Crippen molar-refractivity contribution >= 4 is 34.0 Å². The zero-order valence-corrected chi connectivity index (χ0v) is 15.6. The number of nitrogens with one attached hydrogen (secondary N) is 2. The van der Waals surface area contributed by atoms with Crippen molar-refractivity contribution in [3.63, 3.8) is 0 Å². The molecule has 0 unspecified atom stereocenters. The molecule has 8 heteroatoms. The average Bonchev–Trinajstić information content (AvgIpc) is 2.64. The van der Waals surface area contributed by atoms with Crippen LogP contribution < -0.4 is 15.5 Å². The van der Waals surface area contributed by atoms with Gasteiger partial charge in [0.25, 0.3) is 0 Å². The fourth-order valence-electron chi connectivity index (χ4n) is 2.01. The summed E-state index contributed by atoms with van der Waals surface area (Å²) < 4.78 is 5.73. The third kappa shape index (κ3) is 5.59. The van der Waals surface area contributed by atoms with Gasteiger partial charge in [-0.25, -0.2) is 5.43 Å². The Morgan fingerprint density at radius 1 is 1.23 bits per heavy atom. The molecule has 0 radical (unpaired) electrons. The number of ether oxygens (including phenoxy) is 1. The first kappa shape index (κ1) is 19.5. The van der Waals surface area contributed by atoms with E-state index >= 15 is 0 Å². The van der Waals surface area contributed by atoms with E-state index in [-0.39, 0.29) is 18.0 Å². The number of carbonyl (C=O) groups is 2. The van der Waals surface area contributed by atoms with E-state index in [0.29, 0.717) is 16.6 Å². The number of aromatic hydroxyl groups is 1. The highest BCUT2D eigenvalue weighted by Crippen LogP contribution is 2.34. The van der Waals surface area contributed by atoms with Gasteiger partial charge in [0.2, 0.25) is 0 Å². The summed E-state index contributed by atoms with van der Waals surface area (Å²) in [6.45, 7) is 2.43. The van der Waals surface area contributed by atoms with E-state index in [4.69, 9.17) is 4.74 Å². The summed E-state index contributed by atoms with van der Waals surface area (Å²) in [5.74, 6) is -1.39. The van der Waals surface area contributed by atoms with Gasteiger partial charge in [-0.1, -0.05) is 30.3 Å². The number of phenolic OH excluding ortho intramolecular Hbond substituents is 1. The van der Waals surface area contributed by atoms with Gasteiger partial charge in [0, 0.05) is 6.54 Å². The molecule has 2 aromatic carbocycles. The topological polar surface area (TPSA) is 100 Å². The Balaban J connectivity index is 1.91. The van der Waals surface area contributed by atoms with Gasteiger partial charge < -0.3 is 15.2 Å². The zero-order chi connectivity index (χ0) is 18.9. The summed E-state index contributed by atoms with van der Waals surface area (Å²) in [7, 11) is 0. The monoisotopic (exact) mass is 419 g/mol. The van der Waals surface area contributed by atoms with Crippen molar-refractivity contribution in [2.24, 2.45) is 5.10 Å². The van der Waals surface area contributed by atoms with Crippen molar-refractivity contribution in [2.45, 2.75) is 13.5 Å². The zero-order valence-electron chi connectivity index (χ0n) is 14.0. The number of halogens is 1. The predicted octanol–water partition coefficient (Wildman–Crippen LogP) is 2.32. The van der Waals surface area contributed by atoms with Gasteiger partial charge in [-0.05, 0) is 46.1 Å². The Labute approximate surface area is 159 Å². The van der Waals surface area contributed by atoms with Gasteiger partial charge >= 0.3 is 11.8 Å². The van der Waals surface area contributed by atoms with Crippen molar-refractivity contribution in [3.8, 4) is 11.5 Å². The van der Waals surface area contributed by atoms with Gasteiger partial charge in [0.15, 0.2) is 11.5 Å². The lowest BCUT2D eigenvalue weighted by Gasteiger charge is -2.08. The summed E-state index contributed by atoms with van der Waals surface area (Å²) in [6, 6.07) is 12.4. The first-order valence-electron chi connectivity index (χ1n) is 7.81. The van der Waals surface area contributed by atoms with Crippen molar-refractivity contribution in [2.75, 3.05) is 6.61 Å². The fourth-order valence-corrected chi connectivity index (χ4v) is 2.47. The predicted molar refractivity (Wildman–Crippen MR) is 101 cm³/mol. The third-order valence-electron chi connectivity index (χ3n) is 3.23. The molecule has 2 rings (SSSR count). The first-order valence-corrected chi connectivity index (χ1v) is 8.61. The number of hydrogen-bond acceptors (Lipinski definition) is 5. The minimum Gasteiger partial charge on any atom is -0.503 e. The summed E-state index contributed by atoms with van der Waals surface area (Å²) >= 11 is 3.21. The molecule has 0 aliphatic heterocycles. The molecule has 0 fully saturated rings. The Kier molecular flexibility index (Phi) is 7.16. The number of nitrogens with zero attached hydrogens (tertiary/aromatic N) is 1.